The molecule has 3 heterocycles. The molecular weight excluding hydrogens is 458 g/mol. The Hall–Kier alpha value is -3.29. The van der Waals surface area contributed by atoms with Crippen LogP contribution < -0.4 is 14.8 Å². The predicted octanol–water partition coefficient (Wildman–Crippen LogP) is 6.03. The van der Waals surface area contributed by atoms with Crippen LogP contribution in [0.2, 0.25) is 0 Å². The van der Waals surface area contributed by atoms with Crippen molar-refractivity contribution in [2.24, 2.45) is 0 Å². The highest BCUT2D eigenvalue weighted by Gasteiger charge is 2.18. The van der Waals surface area contributed by atoms with Crippen LogP contribution in [0, 0.1) is 0 Å². The highest BCUT2D eigenvalue weighted by Crippen LogP contribution is 2.27. The number of anilines is 1. The number of aryl methyl sites for hydroxylation is 1. The fourth-order valence-electron chi connectivity index (χ4n) is 4.53. The van der Waals surface area contributed by atoms with Gasteiger partial charge in [-0.15, -0.1) is 11.3 Å². The second-order valence-corrected chi connectivity index (χ2v) is 9.88. The number of benzene rings is 2. The van der Waals surface area contributed by atoms with E-state index in [0.717, 1.165) is 65.4 Å². The van der Waals surface area contributed by atoms with Crippen LogP contribution in [0.3, 0.4) is 0 Å². The van der Waals surface area contributed by atoms with Gasteiger partial charge in [-0.2, -0.15) is 0 Å². The molecule has 6 nitrogen and oxygen atoms in total. The summed E-state index contributed by atoms with van der Waals surface area (Å²) in [5.74, 6) is 1.53. The molecule has 0 aliphatic carbocycles. The minimum Gasteiger partial charge on any atom is -0.490 e. The molecule has 0 saturated carbocycles. The third-order valence-electron chi connectivity index (χ3n) is 6.52. The summed E-state index contributed by atoms with van der Waals surface area (Å²) in [4.78, 5) is 15.5. The van der Waals surface area contributed by atoms with Crippen LogP contribution in [0.5, 0.6) is 11.5 Å². The molecule has 0 unspecified atom stereocenters. The minimum absolute atomic E-state index is 0.113. The number of carbonyl (C=O) groups is 1. The van der Waals surface area contributed by atoms with Crippen molar-refractivity contribution in [3.63, 3.8) is 0 Å². The monoisotopic (exact) mass is 489 g/mol. The summed E-state index contributed by atoms with van der Waals surface area (Å²) in [6.45, 7) is 5.30. The van der Waals surface area contributed by atoms with E-state index < -0.39 is 0 Å². The average Bonchev–Trinajstić information content (AvgIpc) is 3.47. The maximum atomic E-state index is 13.1. The van der Waals surface area contributed by atoms with Gasteiger partial charge in [0.1, 0.15) is 29.9 Å². The summed E-state index contributed by atoms with van der Waals surface area (Å²) >= 11 is 1.65. The van der Waals surface area contributed by atoms with Gasteiger partial charge in [0, 0.05) is 30.9 Å². The molecule has 2 aromatic carbocycles. The summed E-state index contributed by atoms with van der Waals surface area (Å²) in [5.41, 5.74) is 3.45. The van der Waals surface area contributed by atoms with Crippen LogP contribution in [0.25, 0.3) is 10.2 Å². The van der Waals surface area contributed by atoms with E-state index in [0.29, 0.717) is 12.3 Å². The van der Waals surface area contributed by atoms with Gasteiger partial charge in [-0.05, 0) is 74.7 Å². The Morgan fingerprint density at radius 3 is 2.57 bits per heavy atom. The van der Waals surface area contributed by atoms with Crippen molar-refractivity contribution in [3.8, 4) is 11.5 Å². The first kappa shape index (κ1) is 23.5. The zero-order chi connectivity index (χ0) is 24.2. The van der Waals surface area contributed by atoms with E-state index in [1.165, 1.54) is 0 Å². The van der Waals surface area contributed by atoms with Gasteiger partial charge in [0.2, 0.25) is 0 Å². The van der Waals surface area contributed by atoms with Gasteiger partial charge in [0.05, 0.1) is 10.2 Å². The van der Waals surface area contributed by atoms with Crippen molar-refractivity contribution in [3.05, 3.63) is 77.3 Å². The molecule has 1 amide bonds. The van der Waals surface area contributed by atoms with Gasteiger partial charge >= 0.3 is 0 Å². The zero-order valence-corrected chi connectivity index (χ0v) is 21.0. The Labute approximate surface area is 210 Å². The van der Waals surface area contributed by atoms with Gasteiger partial charge in [-0.3, -0.25) is 4.79 Å². The quantitative estimate of drug-likeness (QED) is 0.328. The van der Waals surface area contributed by atoms with Crippen molar-refractivity contribution in [1.29, 1.82) is 0 Å². The molecule has 1 saturated heterocycles. The molecule has 0 bridgehead atoms. The maximum absolute atomic E-state index is 13.1. The highest BCUT2D eigenvalue weighted by atomic mass is 32.1. The second-order valence-electron chi connectivity index (χ2n) is 8.94. The number of rotatable bonds is 8. The van der Waals surface area contributed by atoms with Crippen molar-refractivity contribution in [1.82, 2.24) is 9.47 Å². The molecule has 1 aliphatic rings. The molecule has 2 aromatic heterocycles. The summed E-state index contributed by atoms with van der Waals surface area (Å²) in [7, 11) is 2.15. The zero-order valence-electron chi connectivity index (χ0n) is 20.2. The van der Waals surface area contributed by atoms with Crippen molar-refractivity contribution in [2.45, 2.75) is 39.0 Å². The van der Waals surface area contributed by atoms with E-state index in [4.69, 9.17) is 9.47 Å². The number of carbonyl (C=O) groups excluding carboxylic acids is 1. The summed E-state index contributed by atoms with van der Waals surface area (Å²) in [5, 5.41) is 5.14. The van der Waals surface area contributed by atoms with E-state index in [9.17, 15) is 4.79 Å². The second kappa shape index (κ2) is 10.5. The van der Waals surface area contributed by atoms with Crippen LogP contribution in [-0.2, 0) is 13.2 Å². The first-order valence-corrected chi connectivity index (χ1v) is 13.0. The van der Waals surface area contributed by atoms with Gasteiger partial charge in [-0.1, -0.05) is 18.2 Å². The molecule has 5 rings (SSSR count). The SMILES string of the molecule is CCn1c(C(=O)Nc2ccccc2COc2ccc(OC3CCN(C)CC3)cc2)cc2sccc21. The van der Waals surface area contributed by atoms with Gasteiger partial charge < -0.3 is 24.3 Å². The van der Waals surface area contributed by atoms with Crippen molar-refractivity contribution in [2.75, 3.05) is 25.5 Å². The average molecular weight is 490 g/mol. The third kappa shape index (κ3) is 5.36. The van der Waals surface area contributed by atoms with E-state index in [-0.39, 0.29) is 12.0 Å². The number of piperidine rings is 1. The lowest BCUT2D eigenvalue weighted by Crippen LogP contribution is -2.35. The smallest absolute Gasteiger partial charge is 0.272 e. The normalized spacial score (nSPS) is 14.8. The number of hydrogen-bond donors (Lipinski definition) is 1. The predicted molar refractivity (Wildman–Crippen MR) is 142 cm³/mol. The number of aromatic nitrogens is 1. The van der Waals surface area contributed by atoms with Crippen LogP contribution in [0.4, 0.5) is 5.69 Å². The number of hydrogen-bond acceptors (Lipinski definition) is 5. The molecule has 0 radical (unpaired) electrons. The standard InChI is InChI=1S/C28H31N3O3S/c1-3-31-25-14-17-35-27(25)18-26(31)28(32)29-24-7-5-4-6-20(24)19-33-21-8-10-22(11-9-21)34-23-12-15-30(2)16-13-23/h4-11,14,17-18,23H,3,12-13,15-16,19H2,1-2H3,(H,29,32). The lowest BCUT2D eigenvalue weighted by Gasteiger charge is -2.29. The maximum Gasteiger partial charge on any atom is 0.272 e. The molecule has 35 heavy (non-hydrogen) atoms. The number of para-hydroxylation sites is 1. The molecular formula is C28H31N3O3S. The van der Waals surface area contributed by atoms with Crippen LogP contribution in [0.1, 0.15) is 35.8 Å². The highest BCUT2D eigenvalue weighted by molar-refractivity contribution is 7.17. The van der Waals surface area contributed by atoms with Crippen LogP contribution >= 0.6 is 11.3 Å². The molecule has 1 fully saturated rings. The Kier molecular flexibility index (Phi) is 7.06. The fraction of sp³-hybridized carbons (Fsp3) is 0.321. The lowest BCUT2D eigenvalue weighted by molar-refractivity contribution is 0.101. The molecule has 0 spiro atoms. The topological polar surface area (TPSA) is 55.7 Å². The number of amides is 1. The van der Waals surface area contributed by atoms with Crippen molar-refractivity contribution < 1.29 is 14.3 Å². The fourth-order valence-corrected chi connectivity index (χ4v) is 5.35. The van der Waals surface area contributed by atoms with Crippen LogP contribution in [0.15, 0.2) is 66.0 Å². The van der Waals surface area contributed by atoms with Crippen molar-refractivity contribution >= 4 is 33.1 Å². The molecule has 182 valence electrons. The molecule has 1 N–H and O–H groups in total. The van der Waals surface area contributed by atoms with E-state index in [1.54, 1.807) is 11.3 Å². The molecule has 4 aromatic rings. The van der Waals surface area contributed by atoms with Gasteiger partial charge in [0.15, 0.2) is 0 Å². The Morgan fingerprint density at radius 1 is 1.06 bits per heavy atom. The Balaban J connectivity index is 1.21. The number of thiophene rings is 1. The Morgan fingerprint density at radius 2 is 1.80 bits per heavy atom. The number of nitrogens with zero attached hydrogens (tertiary/aromatic N) is 2. The molecule has 1 aliphatic heterocycles. The summed E-state index contributed by atoms with van der Waals surface area (Å²) in [6, 6.07) is 19.6. The third-order valence-corrected chi connectivity index (χ3v) is 7.38. The number of likely N-dealkylation sites (tertiary alicyclic amines) is 1. The number of nitrogens with one attached hydrogen (secondary N) is 1. The first-order valence-electron chi connectivity index (χ1n) is 12.1. The largest absolute Gasteiger partial charge is 0.490 e. The number of fused-ring (bicyclic) bond motifs is 1. The van der Waals surface area contributed by atoms with Crippen LogP contribution in [-0.4, -0.2) is 41.6 Å². The van der Waals surface area contributed by atoms with E-state index in [2.05, 4.69) is 40.2 Å². The van der Waals surface area contributed by atoms with E-state index in [1.807, 2.05) is 54.6 Å². The van der Waals surface area contributed by atoms with E-state index >= 15 is 0 Å². The Bertz CT molecular complexity index is 1290. The molecule has 7 heteroatoms. The van der Waals surface area contributed by atoms with Gasteiger partial charge in [0.25, 0.3) is 5.91 Å². The summed E-state index contributed by atoms with van der Waals surface area (Å²) < 4.78 is 15.3. The summed E-state index contributed by atoms with van der Waals surface area (Å²) in [6.07, 6.45) is 2.38. The number of ether oxygens (including phenoxy) is 2. The lowest BCUT2D eigenvalue weighted by atomic mass is 10.1. The van der Waals surface area contributed by atoms with Gasteiger partial charge in [-0.25, -0.2) is 0 Å². The minimum atomic E-state index is -0.113. The molecule has 0 atom stereocenters. The first-order chi connectivity index (χ1) is 17.1.